The van der Waals surface area contributed by atoms with E-state index in [0.717, 1.165) is 0 Å². The van der Waals surface area contributed by atoms with Gasteiger partial charge in [-0.25, -0.2) is 5.48 Å². The molecule has 0 atom stereocenters. The molecule has 33 valence electrons. The summed E-state index contributed by atoms with van der Waals surface area (Å²) in [5.41, 5.74) is 2.12. The molecular formula is C3H4NO2. The Balaban J connectivity index is 2.37. The molecule has 0 aromatic heterocycles. The van der Waals surface area contributed by atoms with Gasteiger partial charge in [-0.05, 0) is 0 Å². The Morgan fingerprint density at radius 2 is 2.83 bits per heavy atom. The molecule has 3 heteroatoms. The Morgan fingerprint density at radius 1 is 2.00 bits per heavy atom. The first-order chi connectivity index (χ1) is 2.89. The number of amides is 1. The van der Waals surface area contributed by atoms with Crippen LogP contribution in [-0.2, 0) is 9.63 Å². The van der Waals surface area contributed by atoms with Crippen molar-refractivity contribution in [1.82, 2.24) is 5.48 Å². The van der Waals surface area contributed by atoms with E-state index in [1.165, 1.54) is 6.61 Å². The molecule has 1 amide bonds. The third kappa shape index (κ3) is 0.490. The van der Waals surface area contributed by atoms with Crippen LogP contribution in [0.15, 0.2) is 0 Å². The largest absolute Gasteiger partial charge is 0.273 e. The highest BCUT2D eigenvalue weighted by molar-refractivity contribution is 5.77. The van der Waals surface area contributed by atoms with Gasteiger partial charge in [0.2, 0.25) is 5.91 Å². The minimum atomic E-state index is -0.0741. The molecule has 1 aliphatic rings. The molecule has 0 aliphatic carbocycles. The molecule has 0 aromatic rings. The van der Waals surface area contributed by atoms with Crippen LogP contribution < -0.4 is 5.48 Å². The quantitative estimate of drug-likeness (QED) is 0.435. The van der Waals surface area contributed by atoms with Crippen molar-refractivity contribution < 1.29 is 9.63 Å². The van der Waals surface area contributed by atoms with E-state index in [1.807, 2.05) is 0 Å². The number of carbonyl (C=O) groups excluding carboxylic acids is 1. The fourth-order valence-electron chi connectivity index (χ4n) is 0.266. The van der Waals surface area contributed by atoms with E-state index in [2.05, 4.69) is 10.3 Å². The van der Waals surface area contributed by atoms with Crippen LogP contribution in [0.2, 0.25) is 0 Å². The summed E-state index contributed by atoms with van der Waals surface area (Å²) in [6, 6.07) is 0. The monoisotopic (exact) mass is 86.0 g/mol. The second kappa shape index (κ2) is 1.26. The lowest BCUT2D eigenvalue weighted by Crippen LogP contribution is -2.10. The van der Waals surface area contributed by atoms with E-state index in [1.54, 1.807) is 0 Å². The number of nitrogens with one attached hydrogen (secondary N) is 1. The van der Waals surface area contributed by atoms with E-state index in [-0.39, 0.29) is 5.91 Å². The van der Waals surface area contributed by atoms with E-state index in [0.29, 0.717) is 6.42 Å². The number of hydroxylamine groups is 1. The minimum Gasteiger partial charge on any atom is -0.273 e. The summed E-state index contributed by atoms with van der Waals surface area (Å²) < 4.78 is 0. The van der Waals surface area contributed by atoms with Crippen molar-refractivity contribution in [3.63, 3.8) is 0 Å². The summed E-state index contributed by atoms with van der Waals surface area (Å²) in [6.07, 6.45) is 0.389. The summed E-state index contributed by atoms with van der Waals surface area (Å²) in [4.78, 5) is 14.3. The number of hydrogen-bond acceptors (Lipinski definition) is 2. The Kier molecular flexibility index (Phi) is 0.759. The zero-order valence-corrected chi connectivity index (χ0v) is 3.10. The first kappa shape index (κ1) is 3.61. The predicted molar refractivity (Wildman–Crippen MR) is 18.1 cm³/mol. The molecule has 0 unspecified atom stereocenters. The Hall–Kier alpha value is -0.570. The fraction of sp³-hybridized carbons (Fsp3) is 0.333. The first-order valence-electron chi connectivity index (χ1n) is 1.66. The molecule has 3 nitrogen and oxygen atoms in total. The highest BCUT2D eigenvalue weighted by Gasteiger charge is 2.07. The lowest BCUT2D eigenvalue weighted by molar-refractivity contribution is -0.123. The molecule has 1 radical (unpaired) electrons. The zero-order valence-electron chi connectivity index (χ0n) is 3.10. The summed E-state index contributed by atoms with van der Waals surface area (Å²) in [7, 11) is 0. The standard InChI is InChI=1S/C3H4NO2/c5-3-1-2-6-4-3/h2H,1H2,(H,4,5). The van der Waals surface area contributed by atoms with Crippen LogP contribution in [-0.4, -0.2) is 5.91 Å². The zero-order chi connectivity index (χ0) is 4.41. The number of hydrogen-bond donors (Lipinski definition) is 1. The van der Waals surface area contributed by atoms with E-state index >= 15 is 0 Å². The minimum absolute atomic E-state index is 0.0741. The molecule has 1 N–H and O–H groups in total. The number of carbonyl (C=O) groups is 1. The summed E-state index contributed by atoms with van der Waals surface area (Å²) >= 11 is 0. The van der Waals surface area contributed by atoms with Gasteiger partial charge in [0.05, 0.1) is 6.42 Å². The van der Waals surface area contributed by atoms with Crippen LogP contribution in [0.3, 0.4) is 0 Å². The predicted octanol–water partition coefficient (Wildman–Crippen LogP) is -0.400. The van der Waals surface area contributed by atoms with Crippen molar-refractivity contribution in [2.24, 2.45) is 0 Å². The van der Waals surface area contributed by atoms with Gasteiger partial charge in [-0.2, -0.15) is 0 Å². The van der Waals surface area contributed by atoms with Crippen molar-refractivity contribution >= 4 is 5.91 Å². The molecule has 1 aliphatic heterocycles. The van der Waals surface area contributed by atoms with Crippen LogP contribution in [0.1, 0.15) is 6.42 Å². The normalized spacial score (nSPS) is 21.0. The Morgan fingerprint density at radius 3 is 3.00 bits per heavy atom. The molecule has 1 heterocycles. The van der Waals surface area contributed by atoms with Crippen molar-refractivity contribution in [3.8, 4) is 0 Å². The summed E-state index contributed by atoms with van der Waals surface area (Å²) in [5.74, 6) is -0.0741. The van der Waals surface area contributed by atoms with Crippen molar-refractivity contribution in [3.05, 3.63) is 6.61 Å². The lowest BCUT2D eigenvalue weighted by atomic mass is 10.5. The average molecular weight is 86.1 g/mol. The van der Waals surface area contributed by atoms with Gasteiger partial charge >= 0.3 is 0 Å². The van der Waals surface area contributed by atoms with E-state index < -0.39 is 0 Å². The second-order valence-electron chi connectivity index (χ2n) is 1.01. The molecule has 0 aromatic carbocycles. The number of rotatable bonds is 0. The SMILES string of the molecule is O=C1C[CH]ON1. The average Bonchev–Trinajstić information content (AvgIpc) is 1.86. The second-order valence-corrected chi connectivity index (χ2v) is 1.01. The van der Waals surface area contributed by atoms with Gasteiger partial charge in [0.25, 0.3) is 0 Å². The van der Waals surface area contributed by atoms with Gasteiger partial charge in [0.15, 0.2) is 0 Å². The van der Waals surface area contributed by atoms with Crippen LogP contribution in [0, 0.1) is 6.61 Å². The lowest BCUT2D eigenvalue weighted by Gasteiger charge is -1.80. The molecule has 0 spiro atoms. The van der Waals surface area contributed by atoms with E-state index in [9.17, 15) is 4.79 Å². The molecule has 0 saturated carbocycles. The van der Waals surface area contributed by atoms with Crippen LogP contribution in [0.25, 0.3) is 0 Å². The van der Waals surface area contributed by atoms with Crippen molar-refractivity contribution in [2.75, 3.05) is 0 Å². The molecular weight excluding hydrogens is 82.0 g/mol. The Bertz CT molecular complexity index is 63.2. The molecule has 1 rings (SSSR count). The first-order valence-corrected chi connectivity index (χ1v) is 1.66. The molecule has 6 heavy (non-hydrogen) atoms. The van der Waals surface area contributed by atoms with Gasteiger partial charge in [0.1, 0.15) is 6.61 Å². The van der Waals surface area contributed by atoms with Crippen LogP contribution in [0.4, 0.5) is 0 Å². The summed E-state index contributed by atoms with van der Waals surface area (Å²) in [5, 5.41) is 0. The molecule has 0 bridgehead atoms. The Labute approximate surface area is 35.2 Å². The van der Waals surface area contributed by atoms with Gasteiger partial charge in [-0.15, -0.1) is 0 Å². The maximum Gasteiger partial charge on any atom is 0.246 e. The molecule has 1 fully saturated rings. The smallest absolute Gasteiger partial charge is 0.246 e. The van der Waals surface area contributed by atoms with Gasteiger partial charge in [-0.3, -0.25) is 9.63 Å². The maximum absolute atomic E-state index is 9.98. The van der Waals surface area contributed by atoms with Gasteiger partial charge in [-0.1, -0.05) is 0 Å². The third-order valence-electron chi connectivity index (χ3n) is 0.525. The topological polar surface area (TPSA) is 38.3 Å². The molecule has 1 saturated heterocycles. The summed E-state index contributed by atoms with van der Waals surface area (Å²) in [6.45, 7) is 1.42. The highest BCUT2D eigenvalue weighted by atomic mass is 16.7. The van der Waals surface area contributed by atoms with Crippen molar-refractivity contribution in [2.45, 2.75) is 6.42 Å². The van der Waals surface area contributed by atoms with Gasteiger partial charge < -0.3 is 0 Å². The fourth-order valence-corrected chi connectivity index (χ4v) is 0.266. The highest BCUT2D eigenvalue weighted by Crippen LogP contribution is 1.93. The van der Waals surface area contributed by atoms with Crippen LogP contribution in [0.5, 0.6) is 0 Å². The van der Waals surface area contributed by atoms with E-state index in [4.69, 9.17) is 0 Å². The van der Waals surface area contributed by atoms with Crippen molar-refractivity contribution in [1.29, 1.82) is 0 Å². The maximum atomic E-state index is 9.98. The van der Waals surface area contributed by atoms with Crippen LogP contribution >= 0.6 is 0 Å². The van der Waals surface area contributed by atoms with Gasteiger partial charge in [0, 0.05) is 0 Å². The third-order valence-corrected chi connectivity index (χ3v) is 0.525.